The number of hydrogen-bond acceptors (Lipinski definition) is 4. The quantitative estimate of drug-likeness (QED) is 0.638. The van der Waals surface area contributed by atoms with Gasteiger partial charge in [0.2, 0.25) is 5.91 Å². The SMILES string of the molecule is COCC(=O)Nc1ccc2c(c1)C(c1cccc(Cl)c1)Oc1cccc(OC)c1-2. The van der Waals surface area contributed by atoms with Gasteiger partial charge in [0, 0.05) is 23.4 Å². The molecule has 0 radical (unpaired) electrons. The molecule has 1 heterocycles. The fourth-order valence-corrected chi connectivity index (χ4v) is 3.76. The topological polar surface area (TPSA) is 56.8 Å². The van der Waals surface area contributed by atoms with Gasteiger partial charge in [-0.15, -0.1) is 0 Å². The second-order valence-electron chi connectivity index (χ2n) is 6.67. The molecule has 0 saturated carbocycles. The van der Waals surface area contributed by atoms with E-state index in [0.717, 1.165) is 33.8 Å². The Kier molecular flexibility index (Phi) is 5.43. The lowest BCUT2D eigenvalue weighted by atomic mass is 9.88. The molecule has 3 aromatic rings. The van der Waals surface area contributed by atoms with Gasteiger partial charge in [0.15, 0.2) is 0 Å². The van der Waals surface area contributed by atoms with Crippen LogP contribution in [0.4, 0.5) is 5.69 Å². The summed E-state index contributed by atoms with van der Waals surface area (Å²) in [5.74, 6) is 1.24. The molecule has 1 aliphatic heterocycles. The number of anilines is 1. The number of methoxy groups -OCH3 is 2. The van der Waals surface area contributed by atoms with Crippen LogP contribution in [0.15, 0.2) is 60.7 Å². The van der Waals surface area contributed by atoms with Gasteiger partial charge < -0.3 is 19.5 Å². The molecule has 1 aliphatic rings. The van der Waals surface area contributed by atoms with E-state index in [2.05, 4.69) is 5.32 Å². The molecule has 0 saturated heterocycles. The fourth-order valence-electron chi connectivity index (χ4n) is 3.57. The van der Waals surface area contributed by atoms with E-state index >= 15 is 0 Å². The summed E-state index contributed by atoms with van der Waals surface area (Å²) in [5.41, 5.74) is 4.38. The maximum absolute atomic E-state index is 12.0. The van der Waals surface area contributed by atoms with E-state index in [4.69, 9.17) is 25.8 Å². The highest BCUT2D eigenvalue weighted by molar-refractivity contribution is 6.30. The second-order valence-corrected chi connectivity index (χ2v) is 7.11. The van der Waals surface area contributed by atoms with E-state index in [-0.39, 0.29) is 18.6 Å². The lowest BCUT2D eigenvalue weighted by Crippen LogP contribution is -2.19. The predicted octanol–water partition coefficient (Wildman–Crippen LogP) is 5.08. The minimum absolute atomic E-state index is 0.0119. The number of hydrogen-bond donors (Lipinski definition) is 1. The first-order chi connectivity index (χ1) is 14.1. The third kappa shape index (κ3) is 3.79. The zero-order valence-electron chi connectivity index (χ0n) is 16.1. The van der Waals surface area contributed by atoms with E-state index in [0.29, 0.717) is 10.7 Å². The van der Waals surface area contributed by atoms with Crippen molar-refractivity contribution in [1.82, 2.24) is 0 Å². The Morgan fingerprint density at radius 2 is 1.93 bits per heavy atom. The smallest absolute Gasteiger partial charge is 0.250 e. The molecule has 1 amide bonds. The van der Waals surface area contributed by atoms with E-state index in [9.17, 15) is 4.79 Å². The van der Waals surface area contributed by atoms with Gasteiger partial charge in [-0.2, -0.15) is 0 Å². The summed E-state index contributed by atoms with van der Waals surface area (Å²) in [5, 5.41) is 3.49. The van der Waals surface area contributed by atoms with Crippen molar-refractivity contribution in [3.63, 3.8) is 0 Å². The number of halogens is 1. The summed E-state index contributed by atoms with van der Waals surface area (Å²) in [6, 6.07) is 19.1. The minimum Gasteiger partial charge on any atom is -0.496 e. The largest absolute Gasteiger partial charge is 0.496 e. The van der Waals surface area contributed by atoms with Crippen LogP contribution < -0.4 is 14.8 Å². The lowest BCUT2D eigenvalue weighted by Gasteiger charge is -2.30. The van der Waals surface area contributed by atoms with Crippen molar-refractivity contribution in [2.24, 2.45) is 0 Å². The van der Waals surface area contributed by atoms with Crippen LogP contribution in [0.25, 0.3) is 11.1 Å². The summed E-state index contributed by atoms with van der Waals surface area (Å²) >= 11 is 6.23. The molecular weight excluding hydrogens is 390 g/mol. The molecule has 0 fully saturated rings. The summed E-state index contributed by atoms with van der Waals surface area (Å²) in [6.07, 6.45) is -0.373. The van der Waals surface area contributed by atoms with Gasteiger partial charge in [0.05, 0.1) is 12.7 Å². The molecule has 0 aromatic heterocycles. The summed E-state index contributed by atoms with van der Waals surface area (Å²) < 4.78 is 16.8. The predicted molar refractivity (Wildman–Crippen MR) is 113 cm³/mol. The van der Waals surface area contributed by atoms with Gasteiger partial charge in [0.25, 0.3) is 0 Å². The Balaban J connectivity index is 1.85. The normalized spacial score (nSPS) is 14.4. The van der Waals surface area contributed by atoms with E-state index in [1.165, 1.54) is 7.11 Å². The summed E-state index contributed by atoms with van der Waals surface area (Å²) in [6.45, 7) is -0.0119. The molecule has 0 aliphatic carbocycles. The van der Waals surface area contributed by atoms with Gasteiger partial charge in [0.1, 0.15) is 24.2 Å². The van der Waals surface area contributed by atoms with Gasteiger partial charge in [-0.1, -0.05) is 35.9 Å². The second kappa shape index (κ2) is 8.15. The van der Waals surface area contributed by atoms with Crippen molar-refractivity contribution in [2.45, 2.75) is 6.10 Å². The number of ether oxygens (including phenoxy) is 3. The maximum Gasteiger partial charge on any atom is 0.250 e. The van der Waals surface area contributed by atoms with Crippen molar-refractivity contribution in [1.29, 1.82) is 0 Å². The zero-order valence-corrected chi connectivity index (χ0v) is 16.8. The highest BCUT2D eigenvalue weighted by Crippen LogP contribution is 2.49. The van der Waals surface area contributed by atoms with Crippen LogP contribution in [-0.4, -0.2) is 26.7 Å². The van der Waals surface area contributed by atoms with Crippen molar-refractivity contribution in [2.75, 3.05) is 26.1 Å². The number of benzene rings is 3. The molecule has 148 valence electrons. The van der Waals surface area contributed by atoms with Gasteiger partial charge in [-0.05, 0) is 47.5 Å². The van der Waals surface area contributed by atoms with Crippen LogP contribution in [0.1, 0.15) is 17.2 Å². The van der Waals surface area contributed by atoms with Crippen LogP contribution in [0.2, 0.25) is 5.02 Å². The molecular formula is C23H20ClNO4. The molecule has 0 spiro atoms. The highest BCUT2D eigenvalue weighted by atomic mass is 35.5. The Morgan fingerprint density at radius 3 is 2.69 bits per heavy atom. The molecule has 0 bridgehead atoms. The van der Waals surface area contributed by atoms with Gasteiger partial charge >= 0.3 is 0 Å². The number of amides is 1. The van der Waals surface area contributed by atoms with Crippen LogP contribution in [0.5, 0.6) is 11.5 Å². The number of rotatable bonds is 5. The number of carbonyl (C=O) groups excluding carboxylic acids is 1. The van der Waals surface area contributed by atoms with Crippen molar-refractivity contribution in [3.8, 4) is 22.6 Å². The average Bonchev–Trinajstić information content (AvgIpc) is 2.72. The van der Waals surface area contributed by atoms with Crippen molar-refractivity contribution < 1.29 is 19.0 Å². The molecule has 1 atom stereocenters. The minimum atomic E-state index is -0.373. The number of fused-ring (bicyclic) bond motifs is 3. The third-order valence-electron chi connectivity index (χ3n) is 4.77. The van der Waals surface area contributed by atoms with E-state index in [1.807, 2.05) is 60.7 Å². The van der Waals surface area contributed by atoms with Crippen molar-refractivity contribution >= 4 is 23.2 Å². The molecule has 6 heteroatoms. The van der Waals surface area contributed by atoms with Crippen LogP contribution in [-0.2, 0) is 9.53 Å². The Morgan fingerprint density at radius 1 is 1.10 bits per heavy atom. The molecule has 5 nitrogen and oxygen atoms in total. The number of nitrogens with one attached hydrogen (secondary N) is 1. The third-order valence-corrected chi connectivity index (χ3v) is 5.00. The Hall–Kier alpha value is -3.02. The molecule has 1 N–H and O–H groups in total. The molecule has 29 heavy (non-hydrogen) atoms. The average molecular weight is 410 g/mol. The highest BCUT2D eigenvalue weighted by Gasteiger charge is 2.30. The van der Waals surface area contributed by atoms with E-state index in [1.54, 1.807) is 7.11 Å². The molecule has 1 unspecified atom stereocenters. The van der Waals surface area contributed by atoms with Crippen LogP contribution in [0, 0.1) is 0 Å². The van der Waals surface area contributed by atoms with Crippen LogP contribution in [0.3, 0.4) is 0 Å². The van der Waals surface area contributed by atoms with Gasteiger partial charge in [-0.3, -0.25) is 4.79 Å². The zero-order chi connectivity index (χ0) is 20.4. The summed E-state index contributed by atoms with van der Waals surface area (Å²) in [4.78, 5) is 12.0. The maximum atomic E-state index is 12.0. The standard InChI is InChI=1S/C23H20ClNO4/c1-27-13-21(26)25-16-9-10-17-18(12-16)23(14-5-3-6-15(24)11-14)29-20-8-4-7-19(28-2)22(17)20/h3-12,23H,13H2,1-2H3,(H,25,26). The van der Waals surface area contributed by atoms with Gasteiger partial charge in [-0.25, -0.2) is 0 Å². The Labute approximate surface area is 174 Å². The monoisotopic (exact) mass is 409 g/mol. The molecule has 4 rings (SSSR count). The Bertz CT molecular complexity index is 1070. The van der Waals surface area contributed by atoms with Crippen LogP contribution >= 0.6 is 11.6 Å². The summed E-state index contributed by atoms with van der Waals surface area (Å²) in [7, 11) is 3.12. The van der Waals surface area contributed by atoms with E-state index < -0.39 is 0 Å². The first-order valence-electron chi connectivity index (χ1n) is 9.13. The first-order valence-corrected chi connectivity index (χ1v) is 9.50. The lowest BCUT2D eigenvalue weighted by molar-refractivity contribution is -0.119. The van der Waals surface area contributed by atoms with Crippen molar-refractivity contribution in [3.05, 3.63) is 76.8 Å². The molecule has 3 aromatic carbocycles. The number of carbonyl (C=O) groups is 1. The fraction of sp³-hybridized carbons (Fsp3) is 0.174. The first kappa shape index (κ1) is 19.3.